The molecule has 1 aromatic carbocycles. The molecule has 0 spiro atoms. The molecular weight excluding hydrogens is 246 g/mol. The Kier molecular flexibility index (Phi) is 2.78. The summed E-state index contributed by atoms with van der Waals surface area (Å²) in [5.74, 6) is 0.641. The van der Waals surface area contributed by atoms with Gasteiger partial charge in [0.15, 0.2) is 0 Å². The third kappa shape index (κ3) is 1.68. The highest BCUT2D eigenvalue weighted by Gasteiger charge is 2.39. The number of H-pyrrole nitrogens is 1. The Morgan fingerprint density at radius 1 is 1.30 bits per heavy atom. The van der Waals surface area contributed by atoms with Crippen LogP contribution in [0.2, 0.25) is 0 Å². The molecule has 0 radical (unpaired) electrons. The van der Waals surface area contributed by atoms with Gasteiger partial charge in [-0.3, -0.25) is 4.90 Å². The Labute approximate surface area is 119 Å². The van der Waals surface area contributed by atoms with E-state index in [1.807, 2.05) is 0 Å². The van der Waals surface area contributed by atoms with Crippen LogP contribution in [0.15, 0.2) is 24.3 Å². The standard InChI is InChI=1S/C17H19N3/c18-9-3-4-12-7-10-20-11-8-14-13-5-1-2-6-15(13)19-16(14)17(12)20/h1-2,5-6,12,17,19H,3-4,7-8,10-11H2/t12-,17+/m1/s1. The molecule has 1 fully saturated rings. The summed E-state index contributed by atoms with van der Waals surface area (Å²) in [6, 6.07) is 11.5. The molecule has 0 bridgehead atoms. The van der Waals surface area contributed by atoms with Gasteiger partial charge in [-0.1, -0.05) is 18.2 Å². The van der Waals surface area contributed by atoms with Gasteiger partial charge in [0.2, 0.25) is 0 Å². The molecule has 2 atom stereocenters. The molecule has 2 aliphatic heterocycles. The van der Waals surface area contributed by atoms with E-state index in [2.05, 4.69) is 40.2 Å². The van der Waals surface area contributed by atoms with E-state index in [1.54, 1.807) is 0 Å². The molecule has 102 valence electrons. The van der Waals surface area contributed by atoms with E-state index in [-0.39, 0.29) is 0 Å². The second kappa shape index (κ2) is 4.64. The van der Waals surface area contributed by atoms with E-state index >= 15 is 0 Å². The van der Waals surface area contributed by atoms with Gasteiger partial charge in [0.25, 0.3) is 0 Å². The van der Waals surface area contributed by atoms with Crippen molar-refractivity contribution in [2.75, 3.05) is 13.1 Å². The van der Waals surface area contributed by atoms with Crippen molar-refractivity contribution >= 4 is 10.9 Å². The lowest BCUT2D eigenvalue weighted by Gasteiger charge is -2.32. The number of benzene rings is 1. The Morgan fingerprint density at radius 3 is 3.10 bits per heavy atom. The van der Waals surface area contributed by atoms with Gasteiger partial charge in [-0.25, -0.2) is 0 Å². The smallest absolute Gasteiger partial charge is 0.0621 e. The zero-order chi connectivity index (χ0) is 13.5. The molecule has 1 N–H and O–H groups in total. The van der Waals surface area contributed by atoms with Crippen molar-refractivity contribution in [3.05, 3.63) is 35.5 Å². The van der Waals surface area contributed by atoms with Crippen molar-refractivity contribution in [1.29, 1.82) is 5.26 Å². The van der Waals surface area contributed by atoms with Crippen LogP contribution in [0.4, 0.5) is 0 Å². The molecule has 0 unspecified atom stereocenters. The average molecular weight is 265 g/mol. The minimum Gasteiger partial charge on any atom is -0.357 e. The number of rotatable bonds is 2. The van der Waals surface area contributed by atoms with Crippen LogP contribution in [0.3, 0.4) is 0 Å². The lowest BCUT2D eigenvalue weighted by Crippen LogP contribution is -2.32. The first-order valence-corrected chi connectivity index (χ1v) is 7.59. The largest absolute Gasteiger partial charge is 0.357 e. The molecule has 2 aliphatic rings. The number of hydrogen-bond donors (Lipinski definition) is 1. The second-order valence-electron chi connectivity index (χ2n) is 6.04. The fourth-order valence-electron chi connectivity index (χ4n) is 4.15. The fraction of sp³-hybridized carbons (Fsp3) is 0.471. The number of fused-ring (bicyclic) bond motifs is 5. The minimum atomic E-state index is 0.513. The Hall–Kier alpha value is -1.79. The first-order chi connectivity index (χ1) is 9.88. The van der Waals surface area contributed by atoms with Crippen molar-refractivity contribution < 1.29 is 0 Å². The molecule has 1 saturated heterocycles. The molecule has 3 nitrogen and oxygen atoms in total. The summed E-state index contributed by atoms with van der Waals surface area (Å²) < 4.78 is 0. The second-order valence-corrected chi connectivity index (χ2v) is 6.04. The molecule has 0 saturated carbocycles. The van der Waals surface area contributed by atoms with Crippen molar-refractivity contribution in [3.63, 3.8) is 0 Å². The highest BCUT2D eigenvalue weighted by atomic mass is 15.2. The van der Waals surface area contributed by atoms with Crippen LogP contribution in [0, 0.1) is 17.2 Å². The summed E-state index contributed by atoms with van der Waals surface area (Å²) in [6.45, 7) is 2.36. The summed E-state index contributed by atoms with van der Waals surface area (Å²) in [5, 5.41) is 10.3. The van der Waals surface area contributed by atoms with E-state index in [0.717, 1.165) is 12.8 Å². The van der Waals surface area contributed by atoms with Gasteiger partial charge in [0, 0.05) is 29.6 Å². The SMILES string of the molecule is N#CCC[C@@H]1CCN2CCc3c([nH]c4ccccc34)[C@H]12. The minimum absolute atomic E-state index is 0.513. The highest BCUT2D eigenvalue weighted by Crippen LogP contribution is 2.44. The zero-order valence-corrected chi connectivity index (χ0v) is 11.6. The van der Waals surface area contributed by atoms with Gasteiger partial charge in [-0.2, -0.15) is 5.26 Å². The molecule has 3 heteroatoms. The van der Waals surface area contributed by atoms with E-state index < -0.39 is 0 Å². The highest BCUT2D eigenvalue weighted by molar-refractivity contribution is 5.85. The maximum absolute atomic E-state index is 8.86. The molecule has 0 aliphatic carbocycles. The molecule has 0 amide bonds. The summed E-state index contributed by atoms with van der Waals surface area (Å²) in [5.41, 5.74) is 4.22. The van der Waals surface area contributed by atoms with Crippen molar-refractivity contribution in [2.45, 2.75) is 31.7 Å². The fourth-order valence-corrected chi connectivity index (χ4v) is 4.15. The Balaban J connectivity index is 1.78. The number of aromatic nitrogens is 1. The summed E-state index contributed by atoms with van der Waals surface area (Å²) >= 11 is 0. The van der Waals surface area contributed by atoms with Gasteiger partial charge in [0.05, 0.1) is 12.1 Å². The predicted octanol–water partition coefficient (Wildman–Crippen LogP) is 3.39. The summed E-state index contributed by atoms with van der Waals surface area (Å²) in [4.78, 5) is 6.28. The van der Waals surface area contributed by atoms with E-state index in [4.69, 9.17) is 5.26 Å². The van der Waals surface area contributed by atoms with Crippen LogP contribution in [-0.4, -0.2) is 23.0 Å². The lowest BCUT2D eigenvalue weighted by molar-refractivity contribution is 0.207. The van der Waals surface area contributed by atoms with Gasteiger partial charge < -0.3 is 4.98 Å². The summed E-state index contributed by atoms with van der Waals surface area (Å²) in [6.07, 6.45) is 4.11. The first kappa shape index (κ1) is 12.0. The third-order valence-electron chi connectivity index (χ3n) is 5.05. The normalized spacial score (nSPS) is 25.4. The lowest BCUT2D eigenvalue weighted by atomic mass is 9.88. The molecule has 4 rings (SSSR count). The molecule has 3 heterocycles. The molecular formula is C17H19N3. The van der Waals surface area contributed by atoms with E-state index in [0.29, 0.717) is 18.4 Å². The zero-order valence-electron chi connectivity index (χ0n) is 11.6. The average Bonchev–Trinajstić information content (AvgIpc) is 3.05. The molecule has 2 aromatic rings. The van der Waals surface area contributed by atoms with Gasteiger partial charge in [0.1, 0.15) is 0 Å². The Morgan fingerprint density at radius 2 is 2.20 bits per heavy atom. The van der Waals surface area contributed by atoms with Crippen molar-refractivity contribution in [2.24, 2.45) is 5.92 Å². The predicted molar refractivity (Wildman–Crippen MR) is 79.3 cm³/mol. The van der Waals surface area contributed by atoms with Crippen LogP contribution in [0.5, 0.6) is 0 Å². The summed E-state index contributed by atoms with van der Waals surface area (Å²) in [7, 11) is 0. The Bertz CT molecular complexity index is 679. The number of hydrogen-bond acceptors (Lipinski definition) is 2. The number of nitriles is 1. The van der Waals surface area contributed by atoms with Gasteiger partial charge >= 0.3 is 0 Å². The number of aromatic amines is 1. The van der Waals surface area contributed by atoms with Crippen molar-refractivity contribution in [3.8, 4) is 6.07 Å². The van der Waals surface area contributed by atoms with Gasteiger partial charge in [-0.15, -0.1) is 0 Å². The van der Waals surface area contributed by atoms with Crippen LogP contribution in [-0.2, 0) is 6.42 Å². The first-order valence-electron chi connectivity index (χ1n) is 7.59. The molecule has 20 heavy (non-hydrogen) atoms. The van der Waals surface area contributed by atoms with Crippen molar-refractivity contribution in [1.82, 2.24) is 9.88 Å². The maximum Gasteiger partial charge on any atom is 0.0621 e. The third-order valence-corrected chi connectivity index (χ3v) is 5.05. The van der Waals surface area contributed by atoms with E-state index in [9.17, 15) is 0 Å². The molecule has 1 aromatic heterocycles. The number of para-hydroxylation sites is 1. The van der Waals surface area contributed by atoms with Gasteiger partial charge in [-0.05, 0) is 43.4 Å². The van der Waals surface area contributed by atoms with Crippen LogP contribution in [0.1, 0.15) is 36.6 Å². The maximum atomic E-state index is 8.86. The van der Waals surface area contributed by atoms with Crippen LogP contribution < -0.4 is 0 Å². The monoisotopic (exact) mass is 265 g/mol. The quantitative estimate of drug-likeness (QED) is 0.904. The van der Waals surface area contributed by atoms with Crippen LogP contribution in [0.25, 0.3) is 10.9 Å². The topological polar surface area (TPSA) is 42.8 Å². The number of nitrogens with one attached hydrogen (secondary N) is 1. The van der Waals surface area contributed by atoms with E-state index in [1.165, 1.54) is 41.7 Å². The number of nitrogens with zero attached hydrogens (tertiary/aromatic N) is 2. The van der Waals surface area contributed by atoms with Crippen LogP contribution >= 0.6 is 0 Å².